The molecule has 1 aliphatic carbocycles. The van der Waals surface area contributed by atoms with Crippen LogP contribution >= 0.6 is 0 Å². The molecule has 6 rings (SSSR count). The molecule has 0 N–H and O–H groups in total. The predicted octanol–water partition coefficient (Wildman–Crippen LogP) is 4.29. The Hall–Kier alpha value is -4.07. The molecule has 8 nitrogen and oxygen atoms in total. The van der Waals surface area contributed by atoms with Gasteiger partial charge >= 0.3 is 0 Å². The van der Waals surface area contributed by atoms with Crippen LogP contribution < -0.4 is 5.56 Å². The molecule has 0 radical (unpaired) electrons. The molecule has 0 spiro atoms. The Morgan fingerprint density at radius 3 is 2.73 bits per heavy atom. The van der Waals surface area contributed by atoms with E-state index in [1.165, 1.54) is 23.7 Å². The molecular formula is C25H23N7O. The molecule has 1 aliphatic rings. The first-order chi connectivity index (χ1) is 16.1. The largest absolute Gasteiger partial charge is 0.327 e. The molecule has 1 aromatic carbocycles. The van der Waals surface area contributed by atoms with Gasteiger partial charge in [0.05, 0.1) is 22.9 Å². The van der Waals surface area contributed by atoms with Crippen molar-refractivity contribution in [3.8, 4) is 23.0 Å². The van der Waals surface area contributed by atoms with Gasteiger partial charge in [0.15, 0.2) is 5.82 Å². The summed E-state index contributed by atoms with van der Waals surface area (Å²) in [5.41, 5.74) is 3.19. The highest BCUT2D eigenvalue weighted by Crippen LogP contribution is 2.39. The van der Waals surface area contributed by atoms with Gasteiger partial charge in [-0.15, -0.1) is 0 Å². The summed E-state index contributed by atoms with van der Waals surface area (Å²) in [4.78, 5) is 31.7. The fourth-order valence-electron chi connectivity index (χ4n) is 4.11. The van der Waals surface area contributed by atoms with Gasteiger partial charge < -0.3 is 9.13 Å². The van der Waals surface area contributed by atoms with E-state index >= 15 is 0 Å². The van der Waals surface area contributed by atoms with Gasteiger partial charge in [-0.2, -0.15) is 0 Å². The quantitative estimate of drug-likeness (QED) is 0.410. The minimum atomic E-state index is -0.166. The molecule has 164 valence electrons. The van der Waals surface area contributed by atoms with E-state index in [0.717, 1.165) is 17.2 Å². The zero-order valence-corrected chi connectivity index (χ0v) is 18.5. The van der Waals surface area contributed by atoms with Crippen molar-refractivity contribution in [2.75, 3.05) is 0 Å². The molecule has 0 unspecified atom stereocenters. The zero-order chi connectivity index (χ0) is 22.5. The lowest BCUT2D eigenvalue weighted by atomic mass is 10.2. The minimum absolute atomic E-state index is 0.166. The number of nitrogens with zero attached hydrogens (tertiary/aromatic N) is 7. The molecule has 0 amide bonds. The molecule has 4 heterocycles. The van der Waals surface area contributed by atoms with Crippen LogP contribution in [0.3, 0.4) is 0 Å². The first kappa shape index (κ1) is 19.6. The van der Waals surface area contributed by atoms with E-state index in [2.05, 4.69) is 39.6 Å². The van der Waals surface area contributed by atoms with Crippen molar-refractivity contribution in [1.82, 2.24) is 33.6 Å². The summed E-state index contributed by atoms with van der Waals surface area (Å²) in [6, 6.07) is 11.5. The second-order valence-corrected chi connectivity index (χ2v) is 8.73. The van der Waals surface area contributed by atoms with Gasteiger partial charge in [-0.25, -0.2) is 19.9 Å². The van der Waals surface area contributed by atoms with Crippen molar-refractivity contribution in [2.24, 2.45) is 0 Å². The average molecular weight is 438 g/mol. The van der Waals surface area contributed by atoms with Crippen molar-refractivity contribution >= 4 is 10.9 Å². The van der Waals surface area contributed by atoms with Gasteiger partial charge in [-0.1, -0.05) is 6.07 Å². The number of hydrogen-bond acceptors (Lipinski definition) is 5. The number of benzene rings is 1. The Bertz CT molecular complexity index is 1540. The molecule has 0 saturated heterocycles. The van der Waals surface area contributed by atoms with Gasteiger partial charge in [0.1, 0.15) is 17.8 Å². The Balaban J connectivity index is 1.43. The first-order valence-electron chi connectivity index (χ1n) is 11.1. The molecule has 0 bridgehead atoms. The topological polar surface area (TPSA) is 83.4 Å². The first-order valence-corrected chi connectivity index (χ1v) is 11.1. The van der Waals surface area contributed by atoms with Gasteiger partial charge in [-0.3, -0.25) is 9.36 Å². The lowest BCUT2D eigenvalue weighted by Crippen LogP contribution is -2.20. The molecule has 1 fully saturated rings. The number of imidazole rings is 2. The maximum absolute atomic E-state index is 13.4. The molecule has 0 atom stereocenters. The third-order valence-electron chi connectivity index (χ3n) is 6.07. The summed E-state index contributed by atoms with van der Waals surface area (Å²) in [6.45, 7) is 4.19. The van der Waals surface area contributed by atoms with Crippen LogP contribution in [0.2, 0.25) is 0 Å². The second kappa shape index (κ2) is 7.51. The minimum Gasteiger partial charge on any atom is -0.327 e. The van der Waals surface area contributed by atoms with E-state index in [1.807, 2.05) is 53.5 Å². The Kier molecular flexibility index (Phi) is 4.46. The van der Waals surface area contributed by atoms with Crippen LogP contribution in [0.1, 0.15) is 44.3 Å². The van der Waals surface area contributed by atoms with E-state index < -0.39 is 0 Å². The van der Waals surface area contributed by atoms with Crippen LogP contribution in [0.4, 0.5) is 0 Å². The number of rotatable bonds is 5. The van der Waals surface area contributed by atoms with Crippen LogP contribution in [-0.4, -0.2) is 33.6 Å². The monoisotopic (exact) mass is 437 g/mol. The number of pyridine rings is 1. The van der Waals surface area contributed by atoms with Crippen LogP contribution in [0.25, 0.3) is 33.9 Å². The SMILES string of the molecule is CC(C)n1ccnc1-c1cccc(-n2cnc3ccc(-n4cnc(C5CC5)c4)cc3c2=O)n1. The Morgan fingerprint density at radius 2 is 1.91 bits per heavy atom. The average Bonchev–Trinajstić information content (AvgIpc) is 3.34. The van der Waals surface area contributed by atoms with E-state index in [9.17, 15) is 4.79 Å². The third kappa shape index (κ3) is 3.44. The smallest absolute Gasteiger partial charge is 0.267 e. The Labute approximate surface area is 190 Å². The van der Waals surface area contributed by atoms with Crippen molar-refractivity contribution in [1.29, 1.82) is 0 Å². The molecule has 33 heavy (non-hydrogen) atoms. The van der Waals surface area contributed by atoms with E-state index in [4.69, 9.17) is 4.98 Å². The summed E-state index contributed by atoms with van der Waals surface area (Å²) >= 11 is 0. The fourth-order valence-corrected chi connectivity index (χ4v) is 4.11. The maximum atomic E-state index is 13.4. The number of fused-ring (bicyclic) bond motifs is 1. The lowest BCUT2D eigenvalue weighted by molar-refractivity contribution is 0.605. The van der Waals surface area contributed by atoms with Crippen LogP contribution in [0.5, 0.6) is 0 Å². The van der Waals surface area contributed by atoms with Crippen molar-refractivity contribution in [2.45, 2.75) is 38.6 Å². The highest BCUT2D eigenvalue weighted by molar-refractivity contribution is 5.80. The summed E-state index contributed by atoms with van der Waals surface area (Å²) < 4.78 is 5.51. The van der Waals surface area contributed by atoms with Gasteiger partial charge in [0.2, 0.25) is 0 Å². The maximum Gasteiger partial charge on any atom is 0.267 e. The third-order valence-corrected chi connectivity index (χ3v) is 6.07. The zero-order valence-electron chi connectivity index (χ0n) is 18.5. The normalized spacial score (nSPS) is 13.8. The fraction of sp³-hybridized carbons (Fsp3) is 0.240. The van der Waals surface area contributed by atoms with E-state index in [-0.39, 0.29) is 11.6 Å². The lowest BCUT2D eigenvalue weighted by Gasteiger charge is -2.12. The van der Waals surface area contributed by atoms with Gasteiger partial charge in [0, 0.05) is 36.2 Å². The predicted molar refractivity (Wildman–Crippen MR) is 126 cm³/mol. The second-order valence-electron chi connectivity index (χ2n) is 8.73. The number of hydrogen-bond donors (Lipinski definition) is 0. The summed E-state index contributed by atoms with van der Waals surface area (Å²) in [6.07, 6.45) is 11.5. The van der Waals surface area contributed by atoms with Crippen LogP contribution in [0.15, 0.2) is 72.4 Å². The summed E-state index contributed by atoms with van der Waals surface area (Å²) in [5, 5.41) is 0.535. The van der Waals surface area contributed by atoms with Crippen molar-refractivity contribution < 1.29 is 0 Å². The van der Waals surface area contributed by atoms with E-state index in [1.54, 1.807) is 6.20 Å². The Morgan fingerprint density at radius 1 is 1.03 bits per heavy atom. The molecular weight excluding hydrogens is 414 g/mol. The molecule has 0 aliphatic heterocycles. The van der Waals surface area contributed by atoms with E-state index in [0.29, 0.717) is 28.3 Å². The summed E-state index contributed by atoms with van der Waals surface area (Å²) in [7, 11) is 0. The standard InChI is InChI=1S/C25H23N7O/c1-16(2)31-11-10-26-24(31)21-4-3-5-23(29-21)32-15-28-20-9-8-18(12-19(20)25(32)33)30-13-22(27-14-30)17-6-7-17/h3-5,8-17H,6-7H2,1-2H3. The molecule has 5 aromatic rings. The highest BCUT2D eigenvalue weighted by Gasteiger charge is 2.25. The van der Waals surface area contributed by atoms with Gasteiger partial charge in [-0.05, 0) is 57.0 Å². The number of aromatic nitrogens is 7. The summed E-state index contributed by atoms with van der Waals surface area (Å²) in [5.74, 6) is 1.85. The molecule has 4 aromatic heterocycles. The van der Waals surface area contributed by atoms with Crippen LogP contribution in [-0.2, 0) is 0 Å². The molecule has 8 heteroatoms. The molecule has 1 saturated carbocycles. The van der Waals surface area contributed by atoms with Crippen LogP contribution in [0, 0.1) is 0 Å². The van der Waals surface area contributed by atoms with Gasteiger partial charge in [0.25, 0.3) is 5.56 Å². The highest BCUT2D eigenvalue weighted by atomic mass is 16.1. The van der Waals surface area contributed by atoms with Crippen molar-refractivity contribution in [3.05, 3.63) is 83.7 Å². The van der Waals surface area contributed by atoms with Crippen molar-refractivity contribution in [3.63, 3.8) is 0 Å².